The number of hydrogen-bond acceptors (Lipinski definition) is 2. The fourth-order valence-electron chi connectivity index (χ4n) is 0.945. The lowest BCUT2D eigenvalue weighted by Crippen LogP contribution is -2.10. The minimum absolute atomic E-state index is 0.0538. The van der Waals surface area contributed by atoms with Crippen LogP contribution < -0.4 is 10.2 Å². The second-order valence-corrected chi connectivity index (χ2v) is 4.56. The average Bonchev–Trinajstić information content (AvgIpc) is 2.03. The van der Waals surface area contributed by atoms with Crippen molar-refractivity contribution in [2.75, 3.05) is 19.0 Å². The first-order valence-corrected chi connectivity index (χ1v) is 5.36. The SMILES string of the molecule is CN(C)c1ccc(P(=O)(O)O)cc1. The molecular formula is C8H12NO3P. The second kappa shape index (κ2) is 3.50. The highest BCUT2D eigenvalue weighted by Crippen LogP contribution is 2.33. The Labute approximate surface area is 77.0 Å². The Morgan fingerprint density at radius 3 is 1.92 bits per heavy atom. The third-order valence-corrected chi connectivity index (χ3v) is 2.67. The van der Waals surface area contributed by atoms with E-state index < -0.39 is 7.60 Å². The van der Waals surface area contributed by atoms with Crippen molar-refractivity contribution in [2.45, 2.75) is 0 Å². The summed E-state index contributed by atoms with van der Waals surface area (Å²) in [5.74, 6) is 0. The van der Waals surface area contributed by atoms with Crippen molar-refractivity contribution in [3.05, 3.63) is 24.3 Å². The molecule has 2 N–H and O–H groups in total. The number of nitrogens with zero attached hydrogens (tertiary/aromatic N) is 1. The molecule has 4 nitrogen and oxygen atoms in total. The van der Waals surface area contributed by atoms with Crippen LogP contribution in [0, 0.1) is 0 Å². The van der Waals surface area contributed by atoms with Gasteiger partial charge in [0.2, 0.25) is 0 Å². The predicted octanol–water partition coefficient (Wildman–Crippen LogP) is 0.556. The summed E-state index contributed by atoms with van der Waals surface area (Å²) in [6, 6.07) is 6.23. The van der Waals surface area contributed by atoms with E-state index in [1.54, 1.807) is 12.1 Å². The molecule has 13 heavy (non-hydrogen) atoms. The van der Waals surface area contributed by atoms with Gasteiger partial charge in [-0.2, -0.15) is 0 Å². The van der Waals surface area contributed by atoms with Gasteiger partial charge in [-0.15, -0.1) is 0 Å². The molecule has 0 spiro atoms. The molecule has 5 heteroatoms. The zero-order valence-corrected chi connectivity index (χ0v) is 8.40. The van der Waals surface area contributed by atoms with Crippen LogP contribution in [0.4, 0.5) is 5.69 Å². The molecule has 0 saturated carbocycles. The topological polar surface area (TPSA) is 60.8 Å². The maximum Gasteiger partial charge on any atom is 0.356 e. The Balaban J connectivity index is 3.01. The second-order valence-electron chi connectivity index (χ2n) is 2.95. The van der Waals surface area contributed by atoms with E-state index in [0.29, 0.717) is 0 Å². The van der Waals surface area contributed by atoms with Gasteiger partial charge in [0.05, 0.1) is 5.30 Å². The molecule has 0 fully saturated rings. The summed E-state index contributed by atoms with van der Waals surface area (Å²) in [5.41, 5.74) is 0.914. The Bertz CT molecular complexity index is 328. The van der Waals surface area contributed by atoms with Gasteiger partial charge in [0.15, 0.2) is 0 Å². The number of hydrogen-bond donors (Lipinski definition) is 2. The van der Waals surface area contributed by atoms with Gasteiger partial charge in [-0.25, -0.2) is 0 Å². The van der Waals surface area contributed by atoms with Gasteiger partial charge < -0.3 is 14.7 Å². The fourth-order valence-corrected chi connectivity index (χ4v) is 1.48. The van der Waals surface area contributed by atoms with Crippen molar-refractivity contribution in [2.24, 2.45) is 0 Å². The van der Waals surface area contributed by atoms with E-state index in [0.717, 1.165) is 5.69 Å². The van der Waals surface area contributed by atoms with Gasteiger partial charge in [0, 0.05) is 19.8 Å². The van der Waals surface area contributed by atoms with Gasteiger partial charge in [-0.05, 0) is 24.3 Å². The minimum Gasteiger partial charge on any atom is -0.378 e. The summed E-state index contributed by atoms with van der Waals surface area (Å²) < 4.78 is 10.8. The van der Waals surface area contributed by atoms with Crippen LogP contribution in [0.5, 0.6) is 0 Å². The van der Waals surface area contributed by atoms with Crippen LogP contribution in [0.3, 0.4) is 0 Å². The smallest absolute Gasteiger partial charge is 0.356 e. The average molecular weight is 201 g/mol. The first-order valence-electron chi connectivity index (χ1n) is 3.75. The molecule has 1 rings (SSSR count). The molecule has 0 atom stereocenters. The maximum atomic E-state index is 10.8. The minimum atomic E-state index is -4.09. The summed E-state index contributed by atoms with van der Waals surface area (Å²) in [7, 11) is -0.352. The van der Waals surface area contributed by atoms with Crippen molar-refractivity contribution in [3.63, 3.8) is 0 Å². The normalized spacial score (nSPS) is 11.4. The molecule has 0 aromatic heterocycles. The Morgan fingerprint density at radius 2 is 1.62 bits per heavy atom. The van der Waals surface area contributed by atoms with Crippen LogP contribution >= 0.6 is 7.60 Å². The molecule has 0 aliphatic carbocycles. The molecule has 0 unspecified atom stereocenters. The van der Waals surface area contributed by atoms with Crippen LogP contribution in [0.1, 0.15) is 0 Å². The van der Waals surface area contributed by atoms with E-state index in [2.05, 4.69) is 0 Å². The van der Waals surface area contributed by atoms with Gasteiger partial charge in [-0.1, -0.05) is 0 Å². The third-order valence-electron chi connectivity index (χ3n) is 1.70. The molecule has 0 aliphatic heterocycles. The lowest BCUT2D eigenvalue weighted by Gasteiger charge is -2.12. The molecule has 72 valence electrons. The third kappa shape index (κ3) is 2.56. The molecule has 0 aliphatic rings. The highest BCUT2D eigenvalue weighted by molar-refractivity contribution is 7.60. The molecule has 1 aromatic rings. The van der Waals surface area contributed by atoms with Crippen molar-refractivity contribution in [1.29, 1.82) is 0 Å². The maximum absolute atomic E-state index is 10.8. The van der Waals surface area contributed by atoms with Crippen molar-refractivity contribution in [3.8, 4) is 0 Å². The van der Waals surface area contributed by atoms with E-state index in [9.17, 15) is 4.57 Å². The van der Waals surface area contributed by atoms with Crippen molar-refractivity contribution >= 4 is 18.6 Å². The van der Waals surface area contributed by atoms with Crippen LogP contribution in [-0.2, 0) is 4.57 Å². The van der Waals surface area contributed by atoms with Crippen LogP contribution in [0.2, 0.25) is 0 Å². The molecule has 0 saturated heterocycles. The Hall–Kier alpha value is -0.830. The molecular weight excluding hydrogens is 189 g/mol. The van der Waals surface area contributed by atoms with Crippen LogP contribution in [0.15, 0.2) is 24.3 Å². The summed E-state index contributed by atoms with van der Waals surface area (Å²) in [4.78, 5) is 19.5. The summed E-state index contributed by atoms with van der Waals surface area (Å²) in [6.07, 6.45) is 0. The Kier molecular flexibility index (Phi) is 2.76. The van der Waals surface area contributed by atoms with Crippen molar-refractivity contribution < 1.29 is 14.4 Å². The number of anilines is 1. The summed E-state index contributed by atoms with van der Waals surface area (Å²) in [6.45, 7) is 0. The van der Waals surface area contributed by atoms with E-state index >= 15 is 0 Å². The van der Waals surface area contributed by atoms with E-state index in [-0.39, 0.29) is 5.30 Å². The molecule has 1 aromatic carbocycles. The largest absolute Gasteiger partial charge is 0.378 e. The first-order chi connectivity index (χ1) is 5.91. The standard InChI is InChI=1S/C8H12NO3P/c1-9(2)7-3-5-8(6-4-7)13(10,11)12/h3-6H,1-2H3,(H2,10,11,12). The van der Waals surface area contributed by atoms with Crippen molar-refractivity contribution in [1.82, 2.24) is 0 Å². The number of benzene rings is 1. The Morgan fingerprint density at radius 1 is 1.15 bits per heavy atom. The van der Waals surface area contributed by atoms with Gasteiger partial charge in [0.25, 0.3) is 0 Å². The molecule has 0 heterocycles. The lowest BCUT2D eigenvalue weighted by atomic mass is 10.3. The fraction of sp³-hybridized carbons (Fsp3) is 0.250. The van der Waals surface area contributed by atoms with Gasteiger partial charge in [-0.3, -0.25) is 4.57 Å². The first kappa shape index (κ1) is 10.3. The van der Waals surface area contributed by atoms with E-state index in [4.69, 9.17) is 9.79 Å². The summed E-state index contributed by atoms with van der Waals surface area (Å²) >= 11 is 0. The lowest BCUT2D eigenvalue weighted by molar-refractivity contribution is 0.387. The van der Waals surface area contributed by atoms with E-state index in [1.165, 1.54) is 12.1 Å². The van der Waals surface area contributed by atoms with E-state index in [1.807, 2.05) is 19.0 Å². The molecule has 0 amide bonds. The number of rotatable bonds is 2. The monoisotopic (exact) mass is 201 g/mol. The highest BCUT2D eigenvalue weighted by Gasteiger charge is 2.15. The van der Waals surface area contributed by atoms with Crippen LogP contribution in [-0.4, -0.2) is 23.9 Å². The molecule has 0 bridgehead atoms. The predicted molar refractivity (Wildman–Crippen MR) is 52.4 cm³/mol. The molecule has 0 radical (unpaired) electrons. The van der Waals surface area contributed by atoms with Gasteiger partial charge >= 0.3 is 7.60 Å². The van der Waals surface area contributed by atoms with Crippen LogP contribution in [0.25, 0.3) is 0 Å². The zero-order valence-electron chi connectivity index (χ0n) is 7.51. The zero-order chi connectivity index (χ0) is 10.1. The van der Waals surface area contributed by atoms with Gasteiger partial charge in [0.1, 0.15) is 0 Å². The quantitative estimate of drug-likeness (QED) is 0.686. The highest BCUT2D eigenvalue weighted by atomic mass is 31.2. The summed E-state index contributed by atoms with van der Waals surface area (Å²) in [5, 5.41) is 0.0538.